The Kier molecular flexibility index (Phi) is 7.88. The lowest BCUT2D eigenvalue weighted by atomic mass is 10.2. The SMILES string of the molecule is COc1ccc(CNc2cncc(C(=O)NCCCN(C)C)c2)cc1OC. The largest absolute Gasteiger partial charge is 0.493 e. The highest BCUT2D eigenvalue weighted by Gasteiger charge is 2.08. The molecule has 0 aliphatic rings. The summed E-state index contributed by atoms with van der Waals surface area (Å²) in [5, 5.41) is 6.20. The summed E-state index contributed by atoms with van der Waals surface area (Å²) in [6, 6.07) is 7.55. The molecule has 0 fully saturated rings. The van der Waals surface area contributed by atoms with Gasteiger partial charge >= 0.3 is 0 Å². The van der Waals surface area contributed by atoms with E-state index in [-0.39, 0.29) is 5.91 Å². The van der Waals surface area contributed by atoms with E-state index in [1.807, 2.05) is 32.3 Å². The van der Waals surface area contributed by atoms with Crippen LogP contribution in [-0.2, 0) is 6.54 Å². The Morgan fingerprint density at radius 1 is 1.11 bits per heavy atom. The van der Waals surface area contributed by atoms with Gasteiger partial charge in [-0.3, -0.25) is 9.78 Å². The molecule has 27 heavy (non-hydrogen) atoms. The minimum absolute atomic E-state index is 0.115. The number of carbonyl (C=O) groups excluding carboxylic acids is 1. The molecule has 146 valence electrons. The van der Waals surface area contributed by atoms with Gasteiger partial charge in [0.05, 0.1) is 25.5 Å². The van der Waals surface area contributed by atoms with Crippen molar-refractivity contribution in [3.8, 4) is 11.5 Å². The summed E-state index contributed by atoms with van der Waals surface area (Å²) in [7, 11) is 7.25. The number of aromatic nitrogens is 1. The lowest BCUT2D eigenvalue weighted by Crippen LogP contribution is -2.27. The number of carbonyl (C=O) groups is 1. The zero-order valence-corrected chi connectivity index (χ0v) is 16.4. The van der Waals surface area contributed by atoms with Crippen LogP contribution in [0.3, 0.4) is 0 Å². The van der Waals surface area contributed by atoms with E-state index in [0.717, 1.165) is 24.2 Å². The summed E-state index contributed by atoms with van der Waals surface area (Å²) in [6.45, 7) is 2.15. The van der Waals surface area contributed by atoms with Gasteiger partial charge in [0.15, 0.2) is 11.5 Å². The summed E-state index contributed by atoms with van der Waals surface area (Å²) < 4.78 is 10.6. The maximum atomic E-state index is 12.2. The second kappa shape index (κ2) is 10.4. The molecule has 0 aliphatic heterocycles. The monoisotopic (exact) mass is 372 g/mol. The van der Waals surface area contributed by atoms with Gasteiger partial charge in [0.2, 0.25) is 0 Å². The number of pyridine rings is 1. The summed E-state index contributed by atoms with van der Waals surface area (Å²) in [4.78, 5) is 18.5. The Labute approximate surface area is 160 Å². The number of nitrogens with zero attached hydrogens (tertiary/aromatic N) is 2. The van der Waals surface area contributed by atoms with Crippen LogP contribution in [0.2, 0.25) is 0 Å². The fourth-order valence-corrected chi connectivity index (χ4v) is 2.55. The number of anilines is 1. The Bertz CT molecular complexity index is 750. The van der Waals surface area contributed by atoms with Crippen molar-refractivity contribution in [3.05, 3.63) is 47.8 Å². The van der Waals surface area contributed by atoms with E-state index < -0.39 is 0 Å². The molecule has 1 aromatic heterocycles. The average Bonchev–Trinajstić information content (AvgIpc) is 2.69. The van der Waals surface area contributed by atoms with Gasteiger partial charge in [-0.15, -0.1) is 0 Å². The van der Waals surface area contributed by atoms with Crippen molar-refractivity contribution < 1.29 is 14.3 Å². The van der Waals surface area contributed by atoms with Crippen molar-refractivity contribution in [1.29, 1.82) is 0 Å². The highest BCUT2D eigenvalue weighted by molar-refractivity contribution is 5.94. The molecule has 2 aromatic rings. The van der Waals surface area contributed by atoms with E-state index in [9.17, 15) is 4.79 Å². The molecule has 2 N–H and O–H groups in total. The van der Waals surface area contributed by atoms with Gasteiger partial charge in [0.25, 0.3) is 5.91 Å². The molecule has 1 aromatic carbocycles. The first-order valence-electron chi connectivity index (χ1n) is 8.86. The number of methoxy groups -OCH3 is 2. The Morgan fingerprint density at radius 3 is 2.59 bits per heavy atom. The summed E-state index contributed by atoms with van der Waals surface area (Å²) in [5.41, 5.74) is 2.36. The molecule has 1 amide bonds. The highest BCUT2D eigenvalue weighted by atomic mass is 16.5. The van der Waals surface area contributed by atoms with Crippen molar-refractivity contribution in [1.82, 2.24) is 15.2 Å². The highest BCUT2D eigenvalue weighted by Crippen LogP contribution is 2.27. The Hall–Kier alpha value is -2.80. The van der Waals surface area contributed by atoms with E-state index in [1.54, 1.807) is 32.7 Å². The van der Waals surface area contributed by atoms with E-state index >= 15 is 0 Å². The fourth-order valence-electron chi connectivity index (χ4n) is 2.55. The molecule has 0 spiro atoms. The molecule has 1 heterocycles. The van der Waals surface area contributed by atoms with E-state index in [1.165, 1.54) is 0 Å². The van der Waals surface area contributed by atoms with Crippen LogP contribution in [0.25, 0.3) is 0 Å². The van der Waals surface area contributed by atoms with Gasteiger partial charge in [-0.25, -0.2) is 0 Å². The minimum Gasteiger partial charge on any atom is -0.493 e. The third kappa shape index (κ3) is 6.45. The van der Waals surface area contributed by atoms with Crippen LogP contribution in [0.5, 0.6) is 11.5 Å². The maximum absolute atomic E-state index is 12.2. The molecule has 7 heteroatoms. The smallest absolute Gasteiger partial charge is 0.252 e. The molecule has 2 rings (SSSR count). The minimum atomic E-state index is -0.115. The van der Waals surface area contributed by atoms with Gasteiger partial charge in [0, 0.05) is 25.5 Å². The third-order valence-corrected chi connectivity index (χ3v) is 4.01. The quantitative estimate of drug-likeness (QED) is 0.624. The second-order valence-corrected chi connectivity index (χ2v) is 6.42. The third-order valence-electron chi connectivity index (χ3n) is 4.01. The van der Waals surface area contributed by atoms with Gasteiger partial charge in [0.1, 0.15) is 0 Å². The number of hydrogen-bond acceptors (Lipinski definition) is 6. The van der Waals surface area contributed by atoms with Gasteiger partial charge in [-0.05, 0) is 50.8 Å². The maximum Gasteiger partial charge on any atom is 0.252 e. The molecule has 0 saturated carbocycles. The van der Waals surface area contributed by atoms with E-state index in [2.05, 4.69) is 20.5 Å². The van der Waals surface area contributed by atoms with Crippen molar-refractivity contribution in [2.24, 2.45) is 0 Å². The van der Waals surface area contributed by atoms with E-state index in [0.29, 0.717) is 30.2 Å². The number of ether oxygens (including phenoxy) is 2. The second-order valence-electron chi connectivity index (χ2n) is 6.42. The molecule has 0 unspecified atom stereocenters. The first-order valence-corrected chi connectivity index (χ1v) is 8.86. The van der Waals surface area contributed by atoms with Crippen LogP contribution in [0, 0.1) is 0 Å². The molecular weight excluding hydrogens is 344 g/mol. The fraction of sp³-hybridized carbons (Fsp3) is 0.400. The van der Waals surface area contributed by atoms with Crippen LogP contribution >= 0.6 is 0 Å². The van der Waals surface area contributed by atoms with Crippen LogP contribution in [-0.4, -0.2) is 57.2 Å². The molecule has 0 saturated heterocycles. The van der Waals surface area contributed by atoms with Crippen LogP contribution in [0.1, 0.15) is 22.3 Å². The lowest BCUT2D eigenvalue weighted by molar-refractivity contribution is 0.0952. The normalized spacial score (nSPS) is 10.6. The zero-order valence-electron chi connectivity index (χ0n) is 16.4. The molecule has 0 atom stereocenters. The molecule has 0 bridgehead atoms. The predicted molar refractivity (Wildman–Crippen MR) is 107 cm³/mol. The zero-order chi connectivity index (χ0) is 19.6. The number of amides is 1. The van der Waals surface area contributed by atoms with Crippen LogP contribution in [0.4, 0.5) is 5.69 Å². The Morgan fingerprint density at radius 2 is 1.89 bits per heavy atom. The van der Waals surface area contributed by atoms with Crippen molar-refractivity contribution in [2.75, 3.05) is 46.7 Å². The summed E-state index contributed by atoms with van der Waals surface area (Å²) >= 11 is 0. The molecule has 0 radical (unpaired) electrons. The first-order chi connectivity index (χ1) is 13.0. The number of hydrogen-bond donors (Lipinski definition) is 2. The summed E-state index contributed by atoms with van der Waals surface area (Å²) in [5.74, 6) is 1.26. The summed E-state index contributed by atoms with van der Waals surface area (Å²) in [6.07, 6.45) is 4.18. The number of benzene rings is 1. The van der Waals surface area contributed by atoms with Crippen molar-refractivity contribution in [2.45, 2.75) is 13.0 Å². The van der Waals surface area contributed by atoms with Gasteiger partial charge < -0.3 is 25.0 Å². The number of rotatable bonds is 10. The molecule has 0 aliphatic carbocycles. The lowest BCUT2D eigenvalue weighted by Gasteiger charge is -2.12. The van der Waals surface area contributed by atoms with Crippen molar-refractivity contribution >= 4 is 11.6 Å². The van der Waals surface area contributed by atoms with Crippen molar-refractivity contribution in [3.63, 3.8) is 0 Å². The van der Waals surface area contributed by atoms with Crippen LogP contribution < -0.4 is 20.1 Å². The Balaban J connectivity index is 1.92. The topological polar surface area (TPSA) is 75.7 Å². The van der Waals surface area contributed by atoms with Crippen LogP contribution in [0.15, 0.2) is 36.7 Å². The first kappa shape index (κ1) is 20.5. The number of nitrogens with one attached hydrogen (secondary N) is 2. The standard InChI is InChI=1S/C20H28N4O3/c1-24(2)9-5-8-22-20(25)16-11-17(14-21-13-16)23-12-15-6-7-18(26-3)19(10-15)27-4/h6-7,10-11,13-14,23H,5,8-9,12H2,1-4H3,(H,22,25). The average molecular weight is 372 g/mol. The molecular formula is C20H28N4O3. The predicted octanol–water partition coefficient (Wildman–Crippen LogP) is 2.39. The van der Waals surface area contributed by atoms with Gasteiger partial charge in [-0.1, -0.05) is 6.07 Å². The molecule has 7 nitrogen and oxygen atoms in total. The van der Waals surface area contributed by atoms with Gasteiger partial charge in [-0.2, -0.15) is 0 Å². The van der Waals surface area contributed by atoms with E-state index in [4.69, 9.17) is 9.47 Å².